The van der Waals surface area contributed by atoms with Crippen LogP contribution in [-0.4, -0.2) is 31.7 Å². The zero-order valence-corrected chi connectivity index (χ0v) is 17.3. The van der Waals surface area contributed by atoms with Gasteiger partial charge in [-0.3, -0.25) is 0 Å². The Morgan fingerprint density at radius 1 is 1.26 bits per heavy atom. The third-order valence-electron chi connectivity index (χ3n) is 3.58. The Bertz CT molecular complexity index is 667. The van der Waals surface area contributed by atoms with Gasteiger partial charge in [0.15, 0.2) is 0 Å². The van der Waals surface area contributed by atoms with Gasteiger partial charge in [0.1, 0.15) is 11.8 Å². The van der Waals surface area contributed by atoms with E-state index >= 15 is 0 Å². The molecule has 0 aliphatic carbocycles. The molecule has 1 N–H and O–H groups in total. The lowest BCUT2D eigenvalue weighted by Crippen LogP contribution is -2.39. The van der Waals surface area contributed by atoms with Crippen molar-refractivity contribution in [2.75, 3.05) is 13.7 Å². The number of benzene rings is 1. The van der Waals surface area contributed by atoms with Crippen molar-refractivity contribution in [3.63, 3.8) is 0 Å². The molecule has 27 heavy (non-hydrogen) atoms. The van der Waals surface area contributed by atoms with E-state index in [1.807, 2.05) is 0 Å². The minimum Gasteiger partial charge on any atom is -0.467 e. The maximum absolute atomic E-state index is 12.2. The Balaban J connectivity index is 3.05. The highest BCUT2D eigenvalue weighted by atomic mass is 35.5. The summed E-state index contributed by atoms with van der Waals surface area (Å²) < 4.78 is 15.5. The van der Waals surface area contributed by atoms with Crippen LogP contribution in [-0.2, 0) is 19.1 Å². The van der Waals surface area contributed by atoms with Gasteiger partial charge in [0.2, 0.25) is 5.88 Å². The molecule has 0 heterocycles. The van der Waals surface area contributed by atoms with Gasteiger partial charge in [-0.05, 0) is 37.3 Å². The molecule has 0 amide bonds. The molecule has 0 aliphatic heterocycles. The molecule has 6 nitrogen and oxygen atoms in total. The molecule has 1 aromatic rings. The van der Waals surface area contributed by atoms with Crippen LogP contribution in [0.3, 0.4) is 0 Å². The predicted octanol–water partition coefficient (Wildman–Crippen LogP) is 4.08. The van der Waals surface area contributed by atoms with Crippen molar-refractivity contribution in [1.82, 2.24) is 5.32 Å². The molecule has 150 valence electrons. The summed E-state index contributed by atoms with van der Waals surface area (Å²) in [4.78, 5) is 24.1. The first-order valence-corrected chi connectivity index (χ1v) is 9.19. The fourth-order valence-electron chi connectivity index (χ4n) is 2.18. The Labute approximate surface area is 165 Å². The third kappa shape index (κ3) is 8.82. The van der Waals surface area contributed by atoms with Gasteiger partial charge >= 0.3 is 11.9 Å². The van der Waals surface area contributed by atoms with Crippen LogP contribution < -0.4 is 10.1 Å². The highest BCUT2D eigenvalue weighted by molar-refractivity contribution is 6.32. The van der Waals surface area contributed by atoms with Crippen LogP contribution in [0.4, 0.5) is 0 Å². The number of carbonyl (C=O) groups is 2. The van der Waals surface area contributed by atoms with Crippen molar-refractivity contribution in [2.45, 2.75) is 46.6 Å². The number of hydrogen-bond acceptors (Lipinski definition) is 6. The zero-order valence-electron chi connectivity index (χ0n) is 16.5. The summed E-state index contributed by atoms with van der Waals surface area (Å²) in [6.07, 6.45) is 2.42. The van der Waals surface area contributed by atoms with Crippen LogP contribution >= 0.6 is 11.6 Å². The first-order valence-electron chi connectivity index (χ1n) is 8.81. The van der Waals surface area contributed by atoms with Gasteiger partial charge in [-0.25, -0.2) is 9.59 Å². The summed E-state index contributed by atoms with van der Waals surface area (Å²) in [5.74, 6) is -0.629. The van der Waals surface area contributed by atoms with Gasteiger partial charge in [-0.1, -0.05) is 44.5 Å². The topological polar surface area (TPSA) is 73.9 Å². The smallest absolute Gasteiger partial charge is 0.336 e. The molecule has 0 fully saturated rings. The lowest BCUT2D eigenvalue weighted by molar-refractivity contribution is -0.143. The summed E-state index contributed by atoms with van der Waals surface area (Å²) in [6.45, 7) is 8.17. The zero-order chi connectivity index (χ0) is 20.4. The van der Waals surface area contributed by atoms with E-state index in [0.29, 0.717) is 17.2 Å². The van der Waals surface area contributed by atoms with Crippen molar-refractivity contribution in [2.24, 2.45) is 5.41 Å². The van der Waals surface area contributed by atoms with Crippen molar-refractivity contribution >= 4 is 23.5 Å². The van der Waals surface area contributed by atoms with E-state index in [0.717, 1.165) is 12.5 Å². The maximum atomic E-state index is 12.2. The Kier molecular flexibility index (Phi) is 9.15. The SMILES string of the molecule is CCOC(=O)C=C(NC(CCC(C)(C)C)C(=O)OC)Oc1ccccc1Cl. The largest absolute Gasteiger partial charge is 0.467 e. The Hall–Kier alpha value is -2.21. The summed E-state index contributed by atoms with van der Waals surface area (Å²) in [5.41, 5.74) is 0.0303. The fourth-order valence-corrected chi connectivity index (χ4v) is 2.35. The van der Waals surface area contributed by atoms with E-state index in [4.69, 9.17) is 25.8 Å². The van der Waals surface area contributed by atoms with Crippen molar-refractivity contribution in [1.29, 1.82) is 0 Å². The van der Waals surface area contributed by atoms with Crippen LogP contribution in [0.2, 0.25) is 5.02 Å². The summed E-state index contributed by atoms with van der Waals surface area (Å²) in [6, 6.07) is 6.15. The van der Waals surface area contributed by atoms with Gasteiger partial charge in [-0.15, -0.1) is 0 Å². The van der Waals surface area contributed by atoms with Crippen molar-refractivity contribution in [3.05, 3.63) is 41.2 Å². The van der Waals surface area contributed by atoms with Gasteiger partial charge in [0.25, 0.3) is 0 Å². The average Bonchev–Trinajstić information content (AvgIpc) is 2.59. The molecule has 0 saturated heterocycles. The number of hydrogen-bond donors (Lipinski definition) is 1. The number of nitrogens with one attached hydrogen (secondary N) is 1. The number of carbonyl (C=O) groups excluding carboxylic acids is 2. The highest BCUT2D eigenvalue weighted by Crippen LogP contribution is 2.26. The van der Waals surface area contributed by atoms with Crippen LogP contribution in [0.15, 0.2) is 36.2 Å². The first-order chi connectivity index (χ1) is 12.7. The predicted molar refractivity (Wildman–Crippen MR) is 104 cm³/mol. The minimum absolute atomic E-state index is 0.0303. The molecule has 1 aromatic carbocycles. The number of ether oxygens (including phenoxy) is 3. The van der Waals surface area contributed by atoms with Gasteiger partial charge in [0, 0.05) is 0 Å². The van der Waals surface area contributed by atoms with E-state index in [-0.39, 0.29) is 17.9 Å². The van der Waals surface area contributed by atoms with Crippen molar-refractivity contribution in [3.8, 4) is 5.75 Å². The second-order valence-corrected chi connectivity index (χ2v) is 7.52. The second kappa shape index (κ2) is 10.8. The molecule has 7 heteroatoms. The molecule has 0 saturated carbocycles. The second-order valence-electron chi connectivity index (χ2n) is 7.11. The fraction of sp³-hybridized carbons (Fsp3) is 0.500. The normalized spacial score (nSPS) is 12.9. The lowest BCUT2D eigenvalue weighted by atomic mass is 9.88. The van der Waals surface area contributed by atoms with Crippen LogP contribution in [0.5, 0.6) is 5.75 Å². The monoisotopic (exact) mass is 397 g/mol. The van der Waals surface area contributed by atoms with E-state index in [1.165, 1.54) is 7.11 Å². The lowest BCUT2D eigenvalue weighted by Gasteiger charge is -2.24. The van der Waals surface area contributed by atoms with E-state index in [1.54, 1.807) is 31.2 Å². The number of rotatable bonds is 9. The standard InChI is InChI=1S/C20H28ClNO5/c1-6-26-18(23)13-17(27-16-10-8-7-9-14(16)21)22-15(19(24)25-5)11-12-20(2,3)4/h7-10,13,15,22H,6,11-12H2,1-5H3. The van der Waals surface area contributed by atoms with Crippen LogP contribution in [0.25, 0.3) is 0 Å². The molecule has 1 atom stereocenters. The number of methoxy groups -OCH3 is 1. The third-order valence-corrected chi connectivity index (χ3v) is 3.89. The summed E-state index contributed by atoms with van der Waals surface area (Å²) in [7, 11) is 1.32. The van der Waals surface area contributed by atoms with E-state index < -0.39 is 18.0 Å². The number of para-hydroxylation sites is 1. The average molecular weight is 398 g/mol. The summed E-state index contributed by atoms with van der Waals surface area (Å²) in [5, 5.41) is 3.32. The molecule has 0 aromatic heterocycles. The van der Waals surface area contributed by atoms with Crippen molar-refractivity contribution < 1.29 is 23.8 Å². The molecule has 0 radical (unpaired) electrons. The molecular weight excluding hydrogens is 370 g/mol. The quantitative estimate of drug-likeness (QED) is 0.384. The Morgan fingerprint density at radius 3 is 2.48 bits per heavy atom. The molecule has 1 rings (SSSR count). The van der Waals surface area contributed by atoms with Crippen LogP contribution in [0.1, 0.15) is 40.5 Å². The van der Waals surface area contributed by atoms with Gasteiger partial charge < -0.3 is 19.5 Å². The van der Waals surface area contributed by atoms with Crippen LogP contribution in [0, 0.1) is 5.41 Å². The molecule has 1 unspecified atom stereocenters. The van der Waals surface area contributed by atoms with Gasteiger partial charge in [-0.2, -0.15) is 0 Å². The molecule has 0 spiro atoms. The summed E-state index contributed by atoms with van der Waals surface area (Å²) >= 11 is 6.13. The van der Waals surface area contributed by atoms with Gasteiger partial charge in [0.05, 0.1) is 24.8 Å². The first kappa shape index (κ1) is 22.8. The van der Waals surface area contributed by atoms with E-state index in [9.17, 15) is 9.59 Å². The molecular formula is C20H28ClNO5. The Morgan fingerprint density at radius 2 is 1.93 bits per heavy atom. The minimum atomic E-state index is -0.683. The molecule has 0 bridgehead atoms. The highest BCUT2D eigenvalue weighted by Gasteiger charge is 2.24. The number of esters is 2. The maximum Gasteiger partial charge on any atom is 0.336 e. The van der Waals surface area contributed by atoms with E-state index in [2.05, 4.69) is 26.1 Å². The number of halogens is 1. The molecule has 0 aliphatic rings.